The predicted molar refractivity (Wildman–Crippen MR) is 88.4 cm³/mol. The van der Waals surface area contributed by atoms with E-state index in [0.29, 0.717) is 6.61 Å². The molecule has 0 N–H and O–H groups in total. The van der Waals surface area contributed by atoms with E-state index in [2.05, 4.69) is 15.2 Å². The Labute approximate surface area is 142 Å². The van der Waals surface area contributed by atoms with Crippen LogP contribution in [0.3, 0.4) is 0 Å². The monoisotopic (exact) mass is 333 g/mol. The summed E-state index contributed by atoms with van der Waals surface area (Å²) in [6, 6.07) is -0.0749. The van der Waals surface area contributed by atoms with Crippen molar-refractivity contribution in [3.8, 4) is 0 Å². The molecule has 2 aliphatic heterocycles. The zero-order chi connectivity index (χ0) is 16.5. The molecule has 0 unspecified atom stereocenters. The number of hydrogen-bond donors (Lipinski definition) is 0. The first-order chi connectivity index (χ1) is 11.7. The summed E-state index contributed by atoms with van der Waals surface area (Å²) in [4.78, 5) is 17.1. The number of aryl methyl sites for hydroxylation is 1. The first-order valence-corrected chi connectivity index (χ1v) is 9.23. The van der Waals surface area contributed by atoms with Crippen molar-refractivity contribution in [2.24, 2.45) is 13.0 Å². The molecule has 3 aliphatic rings. The minimum Gasteiger partial charge on any atom is -0.378 e. The summed E-state index contributed by atoms with van der Waals surface area (Å²) in [6.45, 7) is 5.36. The largest absolute Gasteiger partial charge is 0.378 e. The van der Waals surface area contributed by atoms with E-state index in [0.717, 1.165) is 50.3 Å². The molecule has 1 aliphatic carbocycles. The number of amides is 1. The maximum atomic E-state index is 12.6. The van der Waals surface area contributed by atoms with Crippen LogP contribution in [0.15, 0.2) is 0 Å². The number of fused-ring (bicyclic) bond motifs is 1. The maximum Gasteiger partial charge on any atom is 0.226 e. The molecule has 24 heavy (non-hydrogen) atoms. The van der Waals surface area contributed by atoms with Gasteiger partial charge in [0.1, 0.15) is 11.7 Å². The third kappa shape index (κ3) is 3.19. The molecule has 3 heterocycles. The SMILES string of the molecule is Cn1nnc2c1CCN(C(=O)C1CC1)[C@@H]2COCCN1CCCC1. The third-order valence-corrected chi connectivity index (χ3v) is 5.49. The lowest BCUT2D eigenvalue weighted by atomic mass is 10.0. The molecular weight excluding hydrogens is 306 g/mol. The van der Waals surface area contributed by atoms with Gasteiger partial charge in [0.2, 0.25) is 5.91 Å². The van der Waals surface area contributed by atoms with Crippen LogP contribution in [-0.2, 0) is 23.0 Å². The number of hydrogen-bond acceptors (Lipinski definition) is 5. The molecule has 0 bridgehead atoms. The van der Waals surface area contributed by atoms with Crippen LogP contribution in [-0.4, -0.2) is 70.1 Å². The van der Waals surface area contributed by atoms with Crippen LogP contribution < -0.4 is 0 Å². The summed E-state index contributed by atoms with van der Waals surface area (Å²) in [5.74, 6) is 0.509. The van der Waals surface area contributed by atoms with Gasteiger partial charge in [-0.15, -0.1) is 5.10 Å². The number of ether oxygens (including phenoxy) is 1. The van der Waals surface area contributed by atoms with Crippen molar-refractivity contribution >= 4 is 5.91 Å². The molecule has 1 saturated heterocycles. The quantitative estimate of drug-likeness (QED) is 0.720. The van der Waals surface area contributed by atoms with Gasteiger partial charge < -0.3 is 14.5 Å². The third-order valence-electron chi connectivity index (χ3n) is 5.49. The van der Waals surface area contributed by atoms with Crippen LogP contribution in [0.5, 0.6) is 0 Å². The molecule has 2 fully saturated rings. The highest BCUT2D eigenvalue weighted by Crippen LogP contribution is 2.36. The Bertz CT molecular complexity index is 592. The molecule has 7 nitrogen and oxygen atoms in total. The van der Waals surface area contributed by atoms with Gasteiger partial charge in [0.05, 0.1) is 18.9 Å². The van der Waals surface area contributed by atoms with Crippen LogP contribution in [0, 0.1) is 5.92 Å². The molecule has 132 valence electrons. The van der Waals surface area contributed by atoms with Crippen molar-refractivity contribution in [3.05, 3.63) is 11.4 Å². The fourth-order valence-electron chi connectivity index (χ4n) is 3.86. The predicted octanol–water partition coefficient (Wildman–Crippen LogP) is 0.763. The van der Waals surface area contributed by atoms with Gasteiger partial charge in [0, 0.05) is 32.5 Å². The van der Waals surface area contributed by atoms with E-state index in [9.17, 15) is 4.79 Å². The van der Waals surface area contributed by atoms with Crippen LogP contribution in [0.25, 0.3) is 0 Å². The lowest BCUT2D eigenvalue weighted by molar-refractivity contribution is -0.137. The summed E-state index contributed by atoms with van der Waals surface area (Å²) in [5.41, 5.74) is 2.07. The number of likely N-dealkylation sites (tertiary alicyclic amines) is 1. The van der Waals surface area contributed by atoms with E-state index in [1.807, 2.05) is 16.6 Å². The van der Waals surface area contributed by atoms with Gasteiger partial charge in [-0.25, -0.2) is 0 Å². The standard InChI is InChI=1S/C17H27N5O2/c1-20-14-6-9-22(17(23)13-4-5-13)15(16(14)18-19-20)12-24-11-10-21-7-2-3-8-21/h13,15H,2-12H2,1H3/t15-/m1/s1. The van der Waals surface area contributed by atoms with E-state index >= 15 is 0 Å². The Balaban J connectivity index is 1.40. The number of nitrogens with zero attached hydrogens (tertiary/aromatic N) is 5. The highest BCUT2D eigenvalue weighted by atomic mass is 16.5. The Morgan fingerprint density at radius 3 is 2.79 bits per heavy atom. The van der Waals surface area contributed by atoms with Gasteiger partial charge >= 0.3 is 0 Å². The summed E-state index contributed by atoms with van der Waals surface area (Å²) in [6.07, 6.45) is 5.50. The van der Waals surface area contributed by atoms with Gasteiger partial charge in [-0.05, 0) is 38.8 Å². The average Bonchev–Trinajstić information content (AvgIpc) is 3.19. The normalized spacial score (nSPS) is 24.4. The number of aromatic nitrogens is 3. The Morgan fingerprint density at radius 1 is 1.25 bits per heavy atom. The second-order valence-corrected chi connectivity index (χ2v) is 7.24. The molecule has 0 radical (unpaired) electrons. The minimum atomic E-state index is -0.0749. The summed E-state index contributed by atoms with van der Waals surface area (Å²) < 4.78 is 7.81. The number of rotatable bonds is 6. The number of carbonyl (C=O) groups excluding carboxylic acids is 1. The number of carbonyl (C=O) groups is 1. The molecule has 0 aromatic carbocycles. The second-order valence-electron chi connectivity index (χ2n) is 7.24. The van der Waals surface area contributed by atoms with E-state index in [1.165, 1.54) is 25.9 Å². The van der Waals surface area contributed by atoms with Crippen molar-refractivity contribution in [2.75, 3.05) is 39.4 Å². The van der Waals surface area contributed by atoms with Crippen LogP contribution in [0.4, 0.5) is 0 Å². The molecule has 4 rings (SSSR count). The molecule has 1 aromatic heterocycles. The van der Waals surface area contributed by atoms with E-state index in [1.54, 1.807) is 0 Å². The van der Waals surface area contributed by atoms with Crippen LogP contribution >= 0.6 is 0 Å². The highest BCUT2D eigenvalue weighted by Gasteiger charge is 2.40. The van der Waals surface area contributed by atoms with E-state index < -0.39 is 0 Å². The second kappa shape index (κ2) is 6.80. The first kappa shape index (κ1) is 16.0. The van der Waals surface area contributed by atoms with Crippen molar-refractivity contribution in [2.45, 2.75) is 38.1 Å². The first-order valence-electron chi connectivity index (χ1n) is 9.23. The molecule has 1 saturated carbocycles. The fraction of sp³-hybridized carbons (Fsp3) is 0.824. The van der Waals surface area contributed by atoms with Crippen LogP contribution in [0.1, 0.15) is 43.1 Å². The zero-order valence-corrected chi connectivity index (χ0v) is 14.5. The summed E-state index contributed by atoms with van der Waals surface area (Å²) in [7, 11) is 1.93. The minimum absolute atomic E-state index is 0.0749. The highest BCUT2D eigenvalue weighted by molar-refractivity contribution is 5.81. The molecular formula is C17H27N5O2. The maximum absolute atomic E-state index is 12.6. The van der Waals surface area contributed by atoms with Crippen molar-refractivity contribution in [3.63, 3.8) is 0 Å². The van der Waals surface area contributed by atoms with Gasteiger partial charge in [-0.1, -0.05) is 5.21 Å². The summed E-state index contributed by atoms with van der Waals surface area (Å²) >= 11 is 0. The van der Waals surface area contributed by atoms with Crippen molar-refractivity contribution in [1.82, 2.24) is 24.8 Å². The van der Waals surface area contributed by atoms with Crippen LogP contribution in [0.2, 0.25) is 0 Å². The molecule has 7 heteroatoms. The van der Waals surface area contributed by atoms with Crippen molar-refractivity contribution in [1.29, 1.82) is 0 Å². The Morgan fingerprint density at radius 2 is 2.04 bits per heavy atom. The lowest BCUT2D eigenvalue weighted by Crippen LogP contribution is -2.43. The lowest BCUT2D eigenvalue weighted by Gasteiger charge is -2.35. The Hall–Kier alpha value is -1.47. The molecule has 0 spiro atoms. The van der Waals surface area contributed by atoms with Gasteiger partial charge in [0.15, 0.2) is 0 Å². The van der Waals surface area contributed by atoms with Gasteiger partial charge in [-0.3, -0.25) is 9.48 Å². The fourth-order valence-corrected chi connectivity index (χ4v) is 3.86. The smallest absolute Gasteiger partial charge is 0.226 e. The molecule has 1 atom stereocenters. The molecule has 1 amide bonds. The van der Waals surface area contributed by atoms with Gasteiger partial charge in [-0.2, -0.15) is 0 Å². The van der Waals surface area contributed by atoms with E-state index in [-0.39, 0.29) is 17.9 Å². The van der Waals surface area contributed by atoms with Gasteiger partial charge in [0.25, 0.3) is 0 Å². The van der Waals surface area contributed by atoms with Crippen molar-refractivity contribution < 1.29 is 9.53 Å². The van der Waals surface area contributed by atoms with E-state index in [4.69, 9.17) is 4.74 Å². The topological polar surface area (TPSA) is 63.5 Å². The zero-order valence-electron chi connectivity index (χ0n) is 14.5. The summed E-state index contributed by atoms with van der Waals surface area (Å²) in [5, 5.41) is 8.49. The molecule has 1 aromatic rings. The Kier molecular flexibility index (Phi) is 4.54. The average molecular weight is 333 g/mol.